The zero-order chi connectivity index (χ0) is 14.2. The monoisotopic (exact) mass is 287 g/mol. The highest BCUT2D eigenvalue weighted by atomic mass is 16.5. The second kappa shape index (κ2) is 5.27. The minimum Gasteiger partial charge on any atom is -0.379 e. The van der Waals surface area contributed by atoms with E-state index in [4.69, 9.17) is 4.74 Å². The van der Waals surface area contributed by atoms with Gasteiger partial charge in [-0.15, -0.1) is 0 Å². The van der Waals surface area contributed by atoms with E-state index < -0.39 is 0 Å². The number of morpholine rings is 1. The number of nitrogens with zero attached hydrogens (tertiary/aromatic N) is 5. The van der Waals surface area contributed by atoms with E-state index in [1.807, 2.05) is 23.8 Å². The fourth-order valence-corrected chi connectivity index (χ4v) is 3.45. The van der Waals surface area contributed by atoms with Crippen LogP contribution in [0.2, 0.25) is 0 Å². The summed E-state index contributed by atoms with van der Waals surface area (Å²) in [4.78, 5) is 9.56. The van der Waals surface area contributed by atoms with Gasteiger partial charge in [0.05, 0.1) is 18.9 Å². The first-order chi connectivity index (χ1) is 10.3. The Morgan fingerprint density at radius 1 is 1.24 bits per heavy atom. The van der Waals surface area contributed by atoms with Crippen molar-refractivity contribution >= 4 is 11.3 Å². The molecular formula is C15H21N5O. The van der Waals surface area contributed by atoms with Crippen LogP contribution in [0.15, 0.2) is 18.5 Å². The molecule has 0 amide bonds. The predicted octanol–water partition coefficient (Wildman–Crippen LogP) is 0.949. The Hall–Kier alpha value is -1.66. The summed E-state index contributed by atoms with van der Waals surface area (Å²) in [5, 5.41) is 4.48. The minimum atomic E-state index is 0.625. The van der Waals surface area contributed by atoms with Gasteiger partial charge in [0.25, 0.3) is 0 Å². The summed E-state index contributed by atoms with van der Waals surface area (Å²) >= 11 is 0. The maximum Gasteiger partial charge on any atom is 0.154 e. The average molecular weight is 287 g/mol. The Labute approximate surface area is 124 Å². The highest BCUT2D eigenvalue weighted by Gasteiger charge is 2.30. The van der Waals surface area contributed by atoms with E-state index in [9.17, 15) is 0 Å². The van der Waals surface area contributed by atoms with E-state index in [1.54, 1.807) is 0 Å². The quantitative estimate of drug-likeness (QED) is 0.823. The number of anilines is 1. The molecule has 0 saturated carbocycles. The van der Waals surface area contributed by atoms with Crippen molar-refractivity contribution in [2.75, 3.05) is 44.3 Å². The molecule has 0 aromatic carbocycles. The molecule has 21 heavy (non-hydrogen) atoms. The fraction of sp³-hybridized carbons (Fsp3) is 0.600. The van der Waals surface area contributed by atoms with Crippen molar-refractivity contribution in [1.82, 2.24) is 19.5 Å². The number of aryl methyl sites for hydroxylation is 1. The van der Waals surface area contributed by atoms with Gasteiger partial charge in [-0.2, -0.15) is 5.10 Å². The van der Waals surface area contributed by atoms with E-state index in [2.05, 4.69) is 25.9 Å². The molecule has 4 heterocycles. The second-order valence-electron chi connectivity index (χ2n) is 5.90. The van der Waals surface area contributed by atoms with Crippen LogP contribution >= 0.6 is 0 Å². The number of hydrogen-bond acceptors (Lipinski definition) is 5. The lowest BCUT2D eigenvalue weighted by molar-refractivity contribution is 0.0209. The third-order valence-electron chi connectivity index (χ3n) is 4.52. The van der Waals surface area contributed by atoms with Gasteiger partial charge in [-0.25, -0.2) is 9.50 Å². The maximum atomic E-state index is 5.45. The van der Waals surface area contributed by atoms with Gasteiger partial charge in [-0.3, -0.25) is 4.90 Å². The van der Waals surface area contributed by atoms with Gasteiger partial charge in [-0.05, 0) is 19.4 Å². The van der Waals surface area contributed by atoms with Crippen LogP contribution in [0, 0.1) is 6.92 Å². The van der Waals surface area contributed by atoms with Crippen molar-refractivity contribution < 1.29 is 4.74 Å². The standard InChI is InChI=1S/C15H21N5O/c1-12-10-14-15(16-3-5-20(14)17-12)19-4-2-13(11-19)18-6-8-21-9-7-18/h3,5,10,13H,2,4,6-9,11H2,1H3. The fourth-order valence-electron chi connectivity index (χ4n) is 3.45. The highest BCUT2D eigenvalue weighted by molar-refractivity contribution is 5.69. The molecule has 2 fully saturated rings. The summed E-state index contributed by atoms with van der Waals surface area (Å²) in [6.45, 7) is 8.00. The molecule has 0 bridgehead atoms. The van der Waals surface area contributed by atoms with Gasteiger partial charge in [0.2, 0.25) is 0 Å². The number of fused-ring (bicyclic) bond motifs is 1. The smallest absolute Gasteiger partial charge is 0.154 e. The van der Waals surface area contributed by atoms with E-state index in [-0.39, 0.29) is 0 Å². The van der Waals surface area contributed by atoms with Gasteiger partial charge in [-0.1, -0.05) is 0 Å². The van der Waals surface area contributed by atoms with Crippen molar-refractivity contribution in [2.24, 2.45) is 0 Å². The van der Waals surface area contributed by atoms with Gasteiger partial charge in [0.15, 0.2) is 5.82 Å². The summed E-state index contributed by atoms with van der Waals surface area (Å²) in [7, 11) is 0. The zero-order valence-corrected chi connectivity index (χ0v) is 12.4. The van der Waals surface area contributed by atoms with Gasteiger partial charge in [0.1, 0.15) is 5.52 Å². The van der Waals surface area contributed by atoms with Crippen LogP contribution in [0.5, 0.6) is 0 Å². The molecule has 0 N–H and O–H groups in total. The van der Waals surface area contributed by atoms with Crippen LogP contribution in [0.4, 0.5) is 5.82 Å². The van der Waals surface area contributed by atoms with E-state index in [1.165, 1.54) is 6.42 Å². The predicted molar refractivity (Wildman–Crippen MR) is 80.7 cm³/mol. The number of hydrogen-bond donors (Lipinski definition) is 0. The molecule has 2 aliphatic rings. The van der Waals surface area contributed by atoms with Crippen molar-refractivity contribution in [3.63, 3.8) is 0 Å². The SMILES string of the molecule is Cc1cc2c(N3CCC(N4CCOCC4)C3)nccn2n1. The Kier molecular flexibility index (Phi) is 3.27. The second-order valence-corrected chi connectivity index (χ2v) is 5.90. The summed E-state index contributed by atoms with van der Waals surface area (Å²) < 4.78 is 7.38. The molecule has 2 aromatic heterocycles. The number of rotatable bonds is 2. The molecule has 1 atom stereocenters. The van der Waals surface area contributed by atoms with Crippen LogP contribution in [0.25, 0.3) is 5.52 Å². The first-order valence-corrected chi connectivity index (χ1v) is 7.69. The summed E-state index contributed by atoms with van der Waals surface area (Å²) in [6.07, 6.45) is 4.97. The Morgan fingerprint density at radius 2 is 2.10 bits per heavy atom. The molecule has 2 aliphatic heterocycles. The molecule has 6 nitrogen and oxygen atoms in total. The Morgan fingerprint density at radius 3 is 2.95 bits per heavy atom. The van der Waals surface area contributed by atoms with Crippen LogP contribution in [-0.4, -0.2) is 64.9 Å². The number of ether oxygens (including phenoxy) is 1. The normalized spacial score (nSPS) is 24.0. The molecule has 0 spiro atoms. The lowest BCUT2D eigenvalue weighted by Gasteiger charge is -2.32. The van der Waals surface area contributed by atoms with Crippen molar-refractivity contribution in [3.8, 4) is 0 Å². The molecule has 4 rings (SSSR count). The first kappa shape index (κ1) is 13.0. The van der Waals surface area contributed by atoms with Gasteiger partial charge >= 0.3 is 0 Å². The Bertz CT molecular complexity index is 634. The summed E-state index contributed by atoms with van der Waals surface area (Å²) in [6, 6.07) is 2.74. The van der Waals surface area contributed by atoms with Crippen LogP contribution in [0.3, 0.4) is 0 Å². The van der Waals surface area contributed by atoms with E-state index >= 15 is 0 Å². The van der Waals surface area contributed by atoms with Crippen molar-refractivity contribution in [3.05, 3.63) is 24.2 Å². The van der Waals surface area contributed by atoms with Crippen LogP contribution in [-0.2, 0) is 4.74 Å². The zero-order valence-electron chi connectivity index (χ0n) is 12.4. The van der Waals surface area contributed by atoms with E-state index in [0.717, 1.165) is 56.4 Å². The summed E-state index contributed by atoms with van der Waals surface area (Å²) in [5.74, 6) is 1.06. The average Bonchev–Trinajstić information content (AvgIpc) is 3.13. The van der Waals surface area contributed by atoms with E-state index in [0.29, 0.717) is 6.04 Å². The topological polar surface area (TPSA) is 45.9 Å². The number of aromatic nitrogens is 3. The molecule has 2 aromatic rings. The van der Waals surface area contributed by atoms with Crippen LogP contribution in [0.1, 0.15) is 12.1 Å². The largest absolute Gasteiger partial charge is 0.379 e. The summed E-state index contributed by atoms with van der Waals surface area (Å²) in [5.41, 5.74) is 2.14. The highest BCUT2D eigenvalue weighted by Crippen LogP contribution is 2.25. The molecular weight excluding hydrogens is 266 g/mol. The third-order valence-corrected chi connectivity index (χ3v) is 4.52. The van der Waals surface area contributed by atoms with Gasteiger partial charge < -0.3 is 9.64 Å². The van der Waals surface area contributed by atoms with Crippen molar-refractivity contribution in [1.29, 1.82) is 0 Å². The maximum absolute atomic E-state index is 5.45. The molecule has 112 valence electrons. The molecule has 6 heteroatoms. The molecule has 1 unspecified atom stereocenters. The minimum absolute atomic E-state index is 0.625. The molecule has 0 aliphatic carbocycles. The van der Waals surface area contributed by atoms with Gasteiger partial charge in [0, 0.05) is 44.6 Å². The molecule has 2 saturated heterocycles. The molecule has 0 radical (unpaired) electrons. The van der Waals surface area contributed by atoms with Crippen LogP contribution < -0.4 is 4.90 Å². The van der Waals surface area contributed by atoms with Crippen molar-refractivity contribution in [2.45, 2.75) is 19.4 Å². The third kappa shape index (κ3) is 2.38. The lowest BCUT2D eigenvalue weighted by atomic mass is 10.2. The lowest BCUT2D eigenvalue weighted by Crippen LogP contribution is -2.44. The Balaban J connectivity index is 1.56. The first-order valence-electron chi connectivity index (χ1n) is 7.69.